The molecule has 1 heterocycles. The van der Waals surface area contributed by atoms with Crippen LogP contribution < -0.4 is 0 Å². The Morgan fingerprint density at radius 2 is 2.23 bits per heavy atom. The molecular weight excluding hydrogens is 234 g/mol. The topological polar surface area (TPSA) is 31.4 Å². The van der Waals surface area contributed by atoms with Crippen LogP contribution in [0.4, 0.5) is 0 Å². The summed E-state index contributed by atoms with van der Waals surface area (Å²) in [5.41, 5.74) is 0.930. The summed E-state index contributed by atoms with van der Waals surface area (Å²) in [6, 6.07) is 3.87. The second-order valence-electron chi connectivity index (χ2n) is 2.51. The third kappa shape index (κ3) is 4.36. The molecule has 0 aliphatic rings. The Labute approximate surface area is 86.2 Å². The van der Waals surface area contributed by atoms with E-state index in [4.69, 9.17) is 9.47 Å². The van der Waals surface area contributed by atoms with Gasteiger partial charge in [0.25, 0.3) is 0 Å². The first-order valence-corrected chi connectivity index (χ1v) is 4.79. The van der Waals surface area contributed by atoms with Gasteiger partial charge >= 0.3 is 0 Å². The maximum Gasteiger partial charge on any atom is 0.0889 e. The van der Waals surface area contributed by atoms with E-state index in [2.05, 4.69) is 20.9 Å². The van der Waals surface area contributed by atoms with Gasteiger partial charge in [-0.3, -0.25) is 4.98 Å². The summed E-state index contributed by atoms with van der Waals surface area (Å²) in [4.78, 5) is 4.16. The number of rotatable bonds is 5. The highest BCUT2D eigenvalue weighted by Crippen LogP contribution is 2.07. The predicted molar refractivity (Wildman–Crippen MR) is 53.5 cm³/mol. The van der Waals surface area contributed by atoms with E-state index < -0.39 is 0 Å². The Kier molecular flexibility index (Phi) is 4.97. The maximum atomic E-state index is 5.30. The highest BCUT2D eigenvalue weighted by atomic mass is 79.9. The zero-order valence-corrected chi connectivity index (χ0v) is 9.08. The minimum atomic E-state index is 0.538. The molecule has 0 unspecified atom stereocenters. The number of hydrogen-bond donors (Lipinski definition) is 0. The molecule has 1 rings (SSSR count). The van der Waals surface area contributed by atoms with Gasteiger partial charge in [0.05, 0.1) is 25.5 Å². The minimum Gasteiger partial charge on any atom is -0.382 e. The van der Waals surface area contributed by atoms with Gasteiger partial charge < -0.3 is 9.47 Å². The van der Waals surface area contributed by atoms with E-state index in [1.165, 1.54) is 0 Å². The summed E-state index contributed by atoms with van der Waals surface area (Å²) < 4.78 is 11.1. The predicted octanol–water partition coefficient (Wildman–Crippen LogP) is 2.01. The average Bonchev–Trinajstić information content (AvgIpc) is 2.15. The lowest BCUT2D eigenvalue weighted by Crippen LogP contribution is -2.02. The van der Waals surface area contributed by atoms with Crippen molar-refractivity contribution in [2.45, 2.75) is 6.61 Å². The van der Waals surface area contributed by atoms with Crippen LogP contribution in [0.3, 0.4) is 0 Å². The van der Waals surface area contributed by atoms with E-state index in [-0.39, 0.29) is 0 Å². The van der Waals surface area contributed by atoms with Gasteiger partial charge in [-0.25, -0.2) is 0 Å². The zero-order valence-electron chi connectivity index (χ0n) is 7.50. The molecular formula is C9H12BrNO2. The second-order valence-corrected chi connectivity index (χ2v) is 3.43. The van der Waals surface area contributed by atoms with Crippen molar-refractivity contribution in [1.29, 1.82) is 0 Å². The fourth-order valence-electron chi connectivity index (χ4n) is 0.811. The minimum absolute atomic E-state index is 0.538. The van der Waals surface area contributed by atoms with Gasteiger partial charge in [0.15, 0.2) is 0 Å². The third-order valence-corrected chi connectivity index (χ3v) is 1.94. The number of halogens is 1. The number of pyridine rings is 1. The van der Waals surface area contributed by atoms with Crippen molar-refractivity contribution >= 4 is 15.9 Å². The lowest BCUT2D eigenvalue weighted by Gasteiger charge is -2.02. The molecule has 0 saturated carbocycles. The molecule has 13 heavy (non-hydrogen) atoms. The quantitative estimate of drug-likeness (QED) is 0.744. The molecule has 0 saturated heterocycles. The number of hydrogen-bond acceptors (Lipinski definition) is 3. The Morgan fingerprint density at radius 1 is 1.38 bits per heavy atom. The molecule has 3 nitrogen and oxygen atoms in total. The molecule has 0 spiro atoms. The van der Waals surface area contributed by atoms with Crippen molar-refractivity contribution in [3.8, 4) is 0 Å². The van der Waals surface area contributed by atoms with Crippen molar-refractivity contribution in [3.05, 3.63) is 28.5 Å². The lowest BCUT2D eigenvalue weighted by atomic mass is 10.4. The first kappa shape index (κ1) is 10.6. The van der Waals surface area contributed by atoms with Crippen molar-refractivity contribution in [2.24, 2.45) is 0 Å². The molecule has 72 valence electrons. The van der Waals surface area contributed by atoms with Crippen molar-refractivity contribution in [2.75, 3.05) is 20.3 Å². The number of ether oxygens (including phenoxy) is 2. The van der Waals surface area contributed by atoms with Gasteiger partial charge in [0.1, 0.15) is 0 Å². The van der Waals surface area contributed by atoms with Crippen molar-refractivity contribution < 1.29 is 9.47 Å². The Hall–Kier alpha value is -0.450. The van der Waals surface area contributed by atoms with Crippen LogP contribution in [0.25, 0.3) is 0 Å². The molecule has 0 aromatic carbocycles. The van der Waals surface area contributed by atoms with E-state index in [1.54, 1.807) is 13.3 Å². The van der Waals surface area contributed by atoms with E-state index in [1.807, 2.05) is 12.1 Å². The second kappa shape index (κ2) is 6.07. The van der Waals surface area contributed by atoms with Crippen molar-refractivity contribution in [3.63, 3.8) is 0 Å². The van der Waals surface area contributed by atoms with Crippen LogP contribution in [-0.4, -0.2) is 25.3 Å². The summed E-state index contributed by atoms with van der Waals surface area (Å²) >= 11 is 3.32. The molecule has 0 atom stereocenters. The Balaban J connectivity index is 2.25. The fraction of sp³-hybridized carbons (Fsp3) is 0.444. The van der Waals surface area contributed by atoms with Crippen LogP contribution in [-0.2, 0) is 16.1 Å². The van der Waals surface area contributed by atoms with Crippen LogP contribution in [0.15, 0.2) is 22.8 Å². The van der Waals surface area contributed by atoms with Gasteiger partial charge in [0.2, 0.25) is 0 Å². The lowest BCUT2D eigenvalue weighted by molar-refractivity contribution is 0.0602. The van der Waals surface area contributed by atoms with Crippen LogP contribution >= 0.6 is 15.9 Å². The van der Waals surface area contributed by atoms with Crippen LogP contribution in [0.1, 0.15) is 5.69 Å². The summed E-state index contributed by atoms with van der Waals surface area (Å²) in [5, 5.41) is 0. The molecule has 1 aromatic heterocycles. The van der Waals surface area contributed by atoms with Gasteiger partial charge in [-0.2, -0.15) is 0 Å². The third-order valence-electron chi connectivity index (χ3n) is 1.47. The Morgan fingerprint density at radius 3 is 2.85 bits per heavy atom. The molecule has 0 bridgehead atoms. The molecule has 0 aliphatic heterocycles. The Bertz CT molecular complexity index is 238. The fourth-order valence-corrected chi connectivity index (χ4v) is 1.05. The molecule has 1 aromatic rings. The van der Waals surface area contributed by atoms with Gasteiger partial charge in [-0.1, -0.05) is 0 Å². The summed E-state index contributed by atoms with van der Waals surface area (Å²) in [6.07, 6.45) is 1.76. The standard InChI is InChI=1S/C9H12BrNO2/c1-12-4-5-13-7-9-3-2-8(10)6-11-9/h2-3,6H,4-5,7H2,1H3. The average molecular weight is 246 g/mol. The van der Waals surface area contributed by atoms with E-state index in [9.17, 15) is 0 Å². The summed E-state index contributed by atoms with van der Waals surface area (Å²) in [5.74, 6) is 0. The van der Waals surface area contributed by atoms with E-state index in [0.29, 0.717) is 19.8 Å². The van der Waals surface area contributed by atoms with E-state index >= 15 is 0 Å². The summed E-state index contributed by atoms with van der Waals surface area (Å²) in [6.45, 7) is 1.77. The highest BCUT2D eigenvalue weighted by molar-refractivity contribution is 9.10. The molecule has 0 amide bonds. The monoisotopic (exact) mass is 245 g/mol. The van der Waals surface area contributed by atoms with Gasteiger partial charge in [-0.05, 0) is 28.1 Å². The molecule has 0 aliphatic carbocycles. The zero-order chi connectivity index (χ0) is 9.52. The smallest absolute Gasteiger partial charge is 0.0889 e. The number of aromatic nitrogens is 1. The molecule has 4 heteroatoms. The number of nitrogens with zero attached hydrogens (tertiary/aromatic N) is 1. The largest absolute Gasteiger partial charge is 0.382 e. The maximum absolute atomic E-state index is 5.30. The van der Waals surface area contributed by atoms with E-state index in [0.717, 1.165) is 10.2 Å². The van der Waals surface area contributed by atoms with Crippen molar-refractivity contribution in [1.82, 2.24) is 4.98 Å². The summed E-state index contributed by atoms with van der Waals surface area (Å²) in [7, 11) is 1.65. The molecule has 0 N–H and O–H groups in total. The number of methoxy groups -OCH3 is 1. The van der Waals surface area contributed by atoms with Crippen LogP contribution in [0, 0.1) is 0 Å². The first-order chi connectivity index (χ1) is 6.33. The normalized spacial score (nSPS) is 10.3. The molecule has 0 fully saturated rings. The van der Waals surface area contributed by atoms with Crippen LogP contribution in [0.2, 0.25) is 0 Å². The molecule has 0 radical (unpaired) electrons. The first-order valence-electron chi connectivity index (χ1n) is 4.00. The highest BCUT2D eigenvalue weighted by Gasteiger charge is 1.94. The SMILES string of the molecule is COCCOCc1ccc(Br)cn1. The van der Waals surface area contributed by atoms with Crippen LogP contribution in [0.5, 0.6) is 0 Å². The van der Waals surface area contributed by atoms with Gasteiger partial charge in [-0.15, -0.1) is 0 Å². The van der Waals surface area contributed by atoms with Gasteiger partial charge in [0, 0.05) is 17.8 Å².